The van der Waals surface area contributed by atoms with Crippen LogP contribution in [0.15, 0.2) is 42.5 Å². The van der Waals surface area contributed by atoms with Crippen LogP contribution in [0.1, 0.15) is 22.4 Å². The first-order valence-electron chi connectivity index (χ1n) is 7.59. The number of rotatable bonds is 3. The van der Waals surface area contributed by atoms with Gasteiger partial charge in [-0.15, -0.1) is 0 Å². The normalized spacial score (nSPS) is 11.5. The Morgan fingerprint density at radius 1 is 0.955 bits per heavy atom. The molecule has 0 amide bonds. The fourth-order valence-electron chi connectivity index (χ4n) is 2.93. The van der Waals surface area contributed by atoms with Crippen LogP contribution < -0.4 is 4.90 Å². The van der Waals surface area contributed by atoms with Crippen LogP contribution in [0, 0.1) is 13.8 Å². The molecule has 0 spiro atoms. The predicted octanol–water partition coefficient (Wildman–Crippen LogP) is 5.02. The van der Waals surface area contributed by atoms with Crippen LogP contribution >= 0.6 is 0 Å². The molecule has 2 nitrogen and oxygen atoms in total. The minimum Gasteiger partial charge on any atom is -0.377 e. The highest BCUT2D eigenvalue weighted by molar-refractivity contribution is 5.88. The zero-order valence-corrected chi connectivity index (χ0v) is 13.6. The van der Waals surface area contributed by atoms with Gasteiger partial charge in [0.05, 0.1) is 0 Å². The van der Waals surface area contributed by atoms with E-state index >= 15 is 0 Å². The van der Waals surface area contributed by atoms with Gasteiger partial charge in [0.15, 0.2) is 0 Å². The first-order valence-corrected chi connectivity index (χ1v) is 7.59. The topological polar surface area (TPSA) is 19.0 Å². The highest BCUT2D eigenvalue weighted by Crippen LogP contribution is 2.24. The molecule has 0 saturated carbocycles. The van der Waals surface area contributed by atoms with E-state index in [0.29, 0.717) is 0 Å². The molecule has 112 valence electrons. The van der Waals surface area contributed by atoms with E-state index < -0.39 is 0 Å². The lowest BCUT2D eigenvalue weighted by molar-refractivity contribution is 1.11. The second kappa shape index (κ2) is 5.72. The van der Waals surface area contributed by atoms with Crippen LogP contribution in [0.3, 0.4) is 0 Å². The quantitative estimate of drug-likeness (QED) is 0.717. The van der Waals surface area contributed by atoms with E-state index in [1.807, 2.05) is 0 Å². The third-order valence-electron chi connectivity index (χ3n) is 4.15. The van der Waals surface area contributed by atoms with Crippen molar-refractivity contribution < 1.29 is 0 Å². The Morgan fingerprint density at radius 3 is 2.41 bits per heavy atom. The molecule has 0 aliphatic carbocycles. The smallest absolute Gasteiger partial charge is 0.0461 e. The molecule has 0 fully saturated rings. The maximum absolute atomic E-state index is 3.48. The molecule has 0 aliphatic heterocycles. The average molecular weight is 290 g/mol. The Morgan fingerprint density at radius 2 is 1.73 bits per heavy atom. The summed E-state index contributed by atoms with van der Waals surface area (Å²) in [4.78, 5) is 5.63. The van der Waals surface area contributed by atoms with Gasteiger partial charge in [-0.2, -0.15) is 0 Å². The molecule has 0 bridgehead atoms. The fraction of sp³-hybridized carbons (Fsp3) is 0.200. The molecule has 22 heavy (non-hydrogen) atoms. The molecule has 2 aromatic carbocycles. The molecule has 0 aliphatic rings. The van der Waals surface area contributed by atoms with E-state index in [9.17, 15) is 0 Å². The van der Waals surface area contributed by atoms with Crippen molar-refractivity contribution in [3.63, 3.8) is 0 Å². The Hall–Kier alpha value is -2.48. The minimum absolute atomic E-state index is 1.18. The number of benzene rings is 2. The number of anilines is 1. The van der Waals surface area contributed by atoms with Crippen molar-refractivity contribution in [3.05, 3.63) is 64.8 Å². The Balaban J connectivity index is 1.93. The van der Waals surface area contributed by atoms with Gasteiger partial charge in [-0.25, -0.2) is 0 Å². The second-order valence-electron chi connectivity index (χ2n) is 5.98. The van der Waals surface area contributed by atoms with Gasteiger partial charge < -0.3 is 9.88 Å². The zero-order valence-electron chi connectivity index (χ0n) is 13.6. The minimum atomic E-state index is 1.18. The SMILES string of the molecule is Cc1cc(C=Cc2[nH]c3ccccc3c2C)ccc1N(C)C. The lowest BCUT2D eigenvalue weighted by atomic mass is 10.1. The molecule has 0 atom stereocenters. The monoisotopic (exact) mass is 290 g/mol. The van der Waals surface area contributed by atoms with Crippen LogP contribution in [-0.4, -0.2) is 19.1 Å². The first kappa shape index (κ1) is 14.5. The van der Waals surface area contributed by atoms with Gasteiger partial charge in [0, 0.05) is 36.4 Å². The third-order valence-corrected chi connectivity index (χ3v) is 4.15. The molecule has 0 radical (unpaired) electrons. The van der Waals surface area contributed by atoms with Crippen molar-refractivity contribution >= 4 is 28.7 Å². The van der Waals surface area contributed by atoms with Crippen molar-refractivity contribution in [1.29, 1.82) is 0 Å². The summed E-state index contributed by atoms with van der Waals surface area (Å²) in [6, 6.07) is 15.0. The highest BCUT2D eigenvalue weighted by atomic mass is 15.1. The standard InChI is InChI=1S/C20H22N2/c1-14-13-16(10-12-20(14)22(3)4)9-11-18-15(2)17-7-5-6-8-19(17)21-18/h5-13,21H,1-4H3. The summed E-state index contributed by atoms with van der Waals surface area (Å²) in [5.41, 5.74) is 7.45. The van der Waals surface area contributed by atoms with Crippen molar-refractivity contribution in [3.8, 4) is 0 Å². The highest BCUT2D eigenvalue weighted by Gasteiger charge is 2.04. The van der Waals surface area contributed by atoms with Crippen molar-refractivity contribution in [1.82, 2.24) is 4.98 Å². The number of nitrogens with one attached hydrogen (secondary N) is 1. The molecule has 2 heteroatoms. The number of hydrogen-bond donors (Lipinski definition) is 1. The predicted molar refractivity (Wildman–Crippen MR) is 97.5 cm³/mol. The largest absolute Gasteiger partial charge is 0.377 e. The van der Waals surface area contributed by atoms with Gasteiger partial charge in [0.2, 0.25) is 0 Å². The Bertz CT molecular complexity index is 838. The van der Waals surface area contributed by atoms with Gasteiger partial charge in [0.25, 0.3) is 0 Å². The Labute approximate surface area is 132 Å². The fourth-order valence-corrected chi connectivity index (χ4v) is 2.93. The number of aromatic amines is 1. The molecule has 1 aromatic heterocycles. The number of nitrogens with zero attached hydrogens (tertiary/aromatic N) is 1. The van der Waals surface area contributed by atoms with E-state index in [2.05, 4.69) is 92.4 Å². The van der Waals surface area contributed by atoms with Crippen LogP contribution in [0.4, 0.5) is 5.69 Å². The number of aromatic nitrogens is 1. The van der Waals surface area contributed by atoms with Crippen LogP contribution in [-0.2, 0) is 0 Å². The van der Waals surface area contributed by atoms with E-state index in [4.69, 9.17) is 0 Å². The second-order valence-corrected chi connectivity index (χ2v) is 5.98. The first-order chi connectivity index (χ1) is 10.6. The summed E-state index contributed by atoms with van der Waals surface area (Å²) in [5, 5.41) is 1.29. The van der Waals surface area contributed by atoms with Crippen LogP contribution in [0.5, 0.6) is 0 Å². The van der Waals surface area contributed by atoms with Crippen LogP contribution in [0.25, 0.3) is 23.1 Å². The van der Waals surface area contributed by atoms with E-state index in [1.165, 1.54) is 39.0 Å². The summed E-state index contributed by atoms with van der Waals surface area (Å²) in [6.45, 7) is 4.32. The average Bonchev–Trinajstić information content (AvgIpc) is 2.82. The van der Waals surface area contributed by atoms with Crippen LogP contribution in [0.2, 0.25) is 0 Å². The molecule has 3 rings (SSSR count). The number of aryl methyl sites for hydroxylation is 2. The molecule has 1 N–H and O–H groups in total. The summed E-state index contributed by atoms with van der Waals surface area (Å²) >= 11 is 0. The van der Waals surface area contributed by atoms with Crippen molar-refractivity contribution in [2.24, 2.45) is 0 Å². The summed E-state index contributed by atoms with van der Waals surface area (Å²) in [5.74, 6) is 0. The third kappa shape index (κ3) is 2.64. The van der Waals surface area contributed by atoms with E-state index in [-0.39, 0.29) is 0 Å². The molecule has 3 aromatic rings. The molecule has 1 heterocycles. The summed E-state index contributed by atoms with van der Waals surface area (Å²) in [7, 11) is 4.15. The molecular weight excluding hydrogens is 268 g/mol. The van der Waals surface area contributed by atoms with Crippen molar-refractivity contribution in [2.75, 3.05) is 19.0 Å². The Kier molecular flexibility index (Phi) is 3.76. The zero-order chi connectivity index (χ0) is 15.7. The molecule has 0 unspecified atom stereocenters. The lowest BCUT2D eigenvalue weighted by Gasteiger charge is -2.15. The van der Waals surface area contributed by atoms with E-state index in [0.717, 1.165) is 0 Å². The van der Waals surface area contributed by atoms with Gasteiger partial charge in [-0.05, 0) is 54.8 Å². The summed E-state index contributed by atoms with van der Waals surface area (Å²) in [6.07, 6.45) is 4.34. The van der Waals surface area contributed by atoms with E-state index in [1.54, 1.807) is 0 Å². The molecular formula is C20H22N2. The maximum atomic E-state index is 3.48. The number of H-pyrrole nitrogens is 1. The maximum Gasteiger partial charge on any atom is 0.0461 e. The van der Waals surface area contributed by atoms with Gasteiger partial charge in [-0.3, -0.25) is 0 Å². The number of fused-ring (bicyclic) bond motifs is 1. The number of para-hydroxylation sites is 1. The lowest BCUT2D eigenvalue weighted by Crippen LogP contribution is -2.09. The summed E-state index contributed by atoms with van der Waals surface area (Å²) < 4.78 is 0. The molecule has 0 saturated heterocycles. The van der Waals surface area contributed by atoms with Gasteiger partial charge in [-0.1, -0.05) is 30.3 Å². The van der Waals surface area contributed by atoms with Gasteiger partial charge >= 0.3 is 0 Å². The van der Waals surface area contributed by atoms with Crippen molar-refractivity contribution in [2.45, 2.75) is 13.8 Å². The number of hydrogen-bond acceptors (Lipinski definition) is 1. The van der Waals surface area contributed by atoms with Gasteiger partial charge in [0.1, 0.15) is 0 Å².